The minimum absolute atomic E-state index is 0. The van der Waals surface area contributed by atoms with Gasteiger partial charge in [-0.05, 0) is 0 Å². The summed E-state index contributed by atoms with van der Waals surface area (Å²) in [4.78, 5) is 0. The van der Waals surface area contributed by atoms with E-state index in [2.05, 4.69) is 6.55 Å². The van der Waals surface area contributed by atoms with Gasteiger partial charge in [-0.3, -0.25) is 0 Å². The van der Waals surface area contributed by atoms with Gasteiger partial charge < -0.3 is 24.8 Å². The molecule has 15 heavy (non-hydrogen) atoms. The van der Waals surface area contributed by atoms with Crippen molar-refractivity contribution in [1.29, 1.82) is 0 Å². The quantitative estimate of drug-likeness (QED) is 0.350. The van der Waals surface area contributed by atoms with Gasteiger partial charge in [-0.15, -0.1) is 0 Å². The van der Waals surface area contributed by atoms with E-state index in [1.807, 2.05) is 60.7 Å². The van der Waals surface area contributed by atoms with E-state index in [1.54, 1.807) is 23.3 Å². The summed E-state index contributed by atoms with van der Waals surface area (Å²) < 4.78 is 0. The molecule has 0 radical (unpaired) electrons. The third-order valence-corrected chi connectivity index (χ3v) is 1.11. The minimum atomic E-state index is 0. The molecule has 2 rings (SSSR count). The van der Waals surface area contributed by atoms with Crippen molar-refractivity contribution < 1.29 is 48.1 Å². The van der Waals surface area contributed by atoms with Gasteiger partial charge in [-0.25, -0.2) is 24.3 Å². The molecule has 0 nitrogen and oxygen atoms in total. The number of halogens is 2. The summed E-state index contributed by atoms with van der Waals surface area (Å²) in [6, 6.07) is 20.0. The number of hydrogen-bond donors (Lipinski definition) is 0. The van der Waals surface area contributed by atoms with Crippen LogP contribution < -0.4 is 24.8 Å². The first-order valence-electron chi connectivity index (χ1n) is 4.20. The van der Waals surface area contributed by atoms with E-state index in [1.165, 1.54) is 0 Å². The monoisotopic (exact) mass is 334 g/mol. The Kier molecular flexibility index (Phi) is 27.5. The van der Waals surface area contributed by atoms with E-state index < -0.39 is 0 Å². The molecule has 0 atom stereocenters. The molecule has 0 aliphatic carbocycles. The summed E-state index contributed by atoms with van der Waals surface area (Å²) in [6.45, 7) is 2.25. The Morgan fingerprint density at radius 2 is 1.00 bits per heavy atom. The van der Waals surface area contributed by atoms with Gasteiger partial charge in [0.1, 0.15) is 0 Å². The molecular weight excluding hydrogens is 322 g/mol. The van der Waals surface area contributed by atoms with Gasteiger partial charge in [0, 0.05) is 0 Å². The van der Waals surface area contributed by atoms with E-state index in [4.69, 9.17) is 0 Å². The third-order valence-electron chi connectivity index (χ3n) is 1.11. The fourth-order valence-corrected chi connectivity index (χ4v) is 0.642. The van der Waals surface area contributed by atoms with Crippen LogP contribution in [0, 0.1) is 0 Å². The summed E-state index contributed by atoms with van der Waals surface area (Å²) in [7, 11) is 0. The van der Waals surface area contributed by atoms with Crippen LogP contribution in [0.15, 0.2) is 60.7 Å². The smallest absolute Gasteiger partial charge is 0.172 e. The van der Waals surface area contributed by atoms with Crippen LogP contribution in [0.1, 0.15) is 0 Å². The largest absolute Gasteiger partial charge is 1.00 e. The Hall–Kier alpha value is 0.380. The molecule has 0 amide bonds. The molecule has 0 bridgehead atoms. The molecule has 0 saturated carbocycles. The van der Waals surface area contributed by atoms with Gasteiger partial charge in [0.25, 0.3) is 0 Å². The SMILES string of the molecule is C[SiH]=[Zr+2].[Cl-].[Cl-].c1cc[cH-]c1.c1cc[cH-]c1. The average Bonchev–Trinajstić information content (AvgIpc) is 2.85. The van der Waals surface area contributed by atoms with Crippen LogP contribution in [-0.4, -0.2) is 6.16 Å². The summed E-state index contributed by atoms with van der Waals surface area (Å²) in [6.07, 6.45) is 0.840. The van der Waals surface area contributed by atoms with Gasteiger partial charge in [-0.1, -0.05) is 0 Å². The summed E-state index contributed by atoms with van der Waals surface area (Å²) in [5.74, 6) is 0. The number of rotatable bonds is 0. The van der Waals surface area contributed by atoms with Crippen LogP contribution in [0.2, 0.25) is 6.55 Å². The topological polar surface area (TPSA) is 0 Å². The molecule has 0 unspecified atom stereocenters. The van der Waals surface area contributed by atoms with Crippen molar-refractivity contribution in [3.05, 3.63) is 60.7 Å². The van der Waals surface area contributed by atoms with E-state index in [-0.39, 0.29) is 24.8 Å². The zero-order valence-corrected chi connectivity index (χ0v) is 13.7. The van der Waals surface area contributed by atoms with Crippen molar-refractivity contribution in [2.75, 3.05) is 0 Å². The van der Waals surface area contributed by atoms with E-state index >= 15 is 0 Å². The number of hydrogen-bond acceptors (Lipinski definition) is 0. The normalized spacial score (nSPS) is 6.33. The predicted molar refractivity (Wildman–Crippen MR) is 57.1 cm³/mol. The summed E-state index contributed by atoms with van der Waals surface area (Å²) in [5, 5.41) is 0. The Balaban J connectivity index is -0.000000140. The molecule has 0 saturated heterocycles. The predicted octanol–water partition coefficient (Wildman–Crippen LogP) is -3.25. The van der Waals surface area contributed by atoms with Crippen LogP contribution in [-0.2, 0) is 23.3 Å². The fraction of sp³-hybridized carbons (Fsp3) is 0.0909. The van der Waals surface area contributed by atoms with E-state index in [0.717, 1.165) is 6.16 Å². The van der Waals surface area contributed by atoms with Crippen molar-refractivity contribution in [3.8, 4) is 0 Å². The molecule has 0 fully saturated rings. The van der Waals surface area contributed by atoms with Crippen molar-refractivity contribution in [1.82, 2.24) is 0 Å². The first-order valence-corrected chi connectivity index (χ1v) is 10.2. The molecule has 0 aliphatic rings. The molecule has 4 heteroatoms. The first-order chi connectivity index (χ1) is 6.41. The fourth-order valence-electron chi connectivity index (χ4n) is 0.642. The van der Waals surface area contributed by atoms with Crippen LogP contribution in [0.3, 0.4) is 0 Å². The standard InChI is InChI=1S/2C5H5.CH4Si.2ClH.Zr/c2*1-2-4-5-3-1;1-2;;;/h2*1-5H;2H,1H3;2*1H;/q2*-1;;;;+2/p-2. The molecule has 2 aromatic rings. The molecule has 0 N–H and O–H groups in total. The molecule has 0 aromatic heterocycles. The van der Waals surface area contributed by atoms with Crippen molar-refractivity contribution in [2.45, 2.75) is 6.55 Å². The Labute approximate surface area is 121 Å². The zero-order chi connectivity index (χ0) is 9.78. The molecular formula is C11H14Cl2SiZr-2. The van der Waals surface area contributed by atoms with E-state index in [0.29, 0.717) is 0 Å². The van der Waals surface area contributed by atoms with Gasteiger partial charge in [0.15, 0.2) is 0 Å². The molecule has 82 valence electrons. The third kappa shape index (κ3) is 20.5. The summed E-state index contributed by atoms with van der Waals surface area (Å²) >= 11 is 1.72. The second-order valence-electron chi connectivity index (χ2n) is 2.21. The van der Waals surface area contributed by atoms with Gasteiger partial charge in [0.05, 0.1) is 0 Å². The maximum absolute atomic E-state index is 2.25. The van der Waals surface area contributed by atoms with Gasteiger partial charge in [-0.2, -0.15) is 36.4 Å². The van der Waals surface area contributed by atoms with Crippen molar-refractivity contribution in [3.63, 3.8) is 0 Å². The van der Waals surface area contributed by atoms with Crippen LogP contribution in [0.25, 0.3) is 0 Å². The molecule has 2 aromatic carbocycles. The maximum Gasteiger partial charge on any atom is -0.172 e. The molecule has 0 heterocycles. The minimum Gasteiger partial charge on any atom is -1.00 e. The van der Waals surface area contributed by atoms with Gasteiger partial charge >= 0.3 is 36.0 Å². The van der Waals surface area contributed by atoms with Crippen molar-refractivity contribution in [2.24, 2.45) is 0 Å². The first kappa shape index (κ1) is 20.8. The Morgan fingerprint density at radius 1 is 0.800 bits per heavy atom. The Bertz CT molecular complexity index is 193. The van der Waals surface area contributed by atoms with Crippen LogP contribution in [0.5, 0.6) is 0 Å². The van der Waals surface area contributed by atoms with Crippen LogP contribution in [0.4, 0.5) is 0 Å². The maximum atomic E-state index is 2.25. The van der Waals surface area contributed by atoms with E-state index in [9.17, 15) is 0 Å². The van der Waals surface area contributed by atoms with Crippen molar-refractivity contribution >= 4 is 6.16 Å². The Morgan fingerprint density at radius 3 is 1.07 bits per heavy atom. The second kappa shape index (κ2) is 19.9. The van der Waals surface area contributed by atoms with Gasteiger partial charge in [0.2, 0.25) is 0 Å². The molecule has 0 aliphatic heterocycles. The zero-order valence-electron chi connectivity index (χ0n) is 8.61. The second-order valence-corrected chi connectivity index (χ2v) is 7.05. The van der Waals surface area contributed by atoms with Crippen LogP contribution >= 0.6 is 0 Å². The average molecular weight is 336 g/mol. The summed E-state index contributed by atoms with van der Waals surface area (Å²) in [5.41, 5.74) is 0. The molecule has 0 spiro atoms.